The van der Waals surface area contributed by atoms with Gasteiger partial charge in [-0.1, -0.05) is 6.92 Å². The zero-order valence-electron chi connectivity index (χ0n) is 11.5. The highest BCUT2D eigenvalue weighted by atomic mass is 15.2. The number of aryl methyl sites for hydroxylation is 1. The molecule has 5 nitrogen and oxygen atoms in total. The Morgan fingerprint density at radius 1 is 1.50 bits per heavy atom. The van der Waals surface area contributed by atoms with E-state index >= 15 is 0 Å². The SMILES string of the molecule is CCCNc1ncc(C)c(NC2CCN(C)C2)n1. The van der Waals surface area contributed by atoms with Gasteiger partial charge in [-0.05, 0) is 33.4 Å². The molecule has 1 aliphatic heterocycles. The summed E-state index contributed by atoms with van der Waals surface area (Å²) in [5.74, 6) is 1.68. The minimum Gasteiger partial charge on any atom is -0.366 e. The monoisotopic (exact) mass is 249 g/mol. The summed E-state index contributed by atoms with van der Waals surface area (Å²) >= 11 is 0. The smallest absolute Gasteiger partial charge is 0.224 e. The Bertz CT molecular complexity index is 393. The Labute approximate surface area is 109 Å². The van der Waals surface area contributed by atoms with Crippen molar-refractivity contribution in [2.75, 3.05) is 37.3 Å². The first-order chi connectivity index (χ1) is 8.69. The van der Waals surface area contributed by atoms with Crippen molar-refractivity contribution in [3.63, 3.8) is 0 Å². The number of hydrogen-bond donors (Lipinski definition) is 2. The number of rotatable bonds is 5. The predicted octanol–water partition coefficient (Wildman–Crippen LogP) is 1.72. The van der Waals surface area contributed by atoms with Crippen molar-refractivity contribution in [1.82, 2.24) is 14.9 Å². The van der Waals surface area contributed by atoms with Gasteiger partial charge in [0, 0.05) is 30.9 Å². The number of likely N-dealkylation sites (N-methyl/N-ethyl adjacent to an activating group) is 1. The van der Waals surface area contributed by atoms with Crippen molar-refractivity contribution in [3.05, 3.63) is 11.8 Å². The van der Waals surface area contributed by atoms with Gasteiger partial charge in [0.1, 0.15) is 5.82 Å². The van der Waals surface area contributed by atoms with Gasteiger partial charge in [0.05, 0.1) is 0 Å². The first-order valence-electron chi connectivity index (χ1n) is 6.71. The van der Waals surface area contributed by atoms with Crippen LogP contribution in [0.5, 0.6) is 0 Å². The van der Waals surface area contributed by atoms with Gasteiger partial charge in [0.2, 0.25) is 5.95 Å². The molecule has 1 saturated heterocycles. The normalized spacial score (nSPS) is 20.1. The highest BCUT2D eigenvalue weighted by Crippen LogP contribution is 2.17. The third-order valence-corrected chi connectivity index (χ3v) is 3.24. The van der Waals surface area contributed by atoms with E-state index in [4.69, 9.17) is 0 Å². The predicted molar refractivity (Wildman–Crippen MR) is 75.1 cm³/mol. The summed E-state index contributed by atoms with van der Waals surface area (Å²) in [6, 6.07) is 0.502. The number of hydrogen-bond acceptors (Lipinski definition) is 5. The molecule has 0 saturated carbocycles. The van der Waals surface area contributed by atoms with E-state index in [1.54, 1.807) is 0 Å². The van der Waals surface area contributed by atoms with Crippen LogP contribution >= 0.6 is 0 Å². The quantitative estimate of drug-likeness (QED) is 0.832. The maximum absolute atomic E-state index is 4.55. The Kier molecular flexibility index (Phi) is 4.36. The molecule has 2 N–H and O–H groups in total. The highest BCUT2D eigenvalue weighted by molar-refractivity contribution is 5.47. The standard InChI is InChI=1S/C13H23N5/c1-4-6-14-13-15-8-10(2)12(17-13)16-11-5-7-18(3)9-11/h8,11H,4-7,9H2,1-3H3,(H2,14,15,16,17). The minimum atomic E-state index is 0.502. The summed E-state index contributed by atoms with van der Waals surface area (Å²) in [6.45, 7) is 7.33. The lowest BCUT2D eigenvalue weighted by atomic mass is 10.2. The molecule has 1 aromatic heterocycles. The van der Waals surface area contributed by atoms with Crippen LogP contribution in [0.1, 0.15) is 25.3 Å². The summed E-state index contributed by atoms with van der Waals surface area (Å²) in [6.07, 6.45) is 4.14. The lowest BCUT2D eigenvalue weighted by Crippen LogP contribution is -2.24. The second-order valence-electron chi connectivity index (χ2n) is 5.04. The average Bonchev–Trinajstić information content (AvgIpc) is 2.76. The molecular weight excluding hydrogens is 226 g/mol. The molecule has 5 heteroatoms. The molecule has 0 bridgehead atoms. The molecule has 0 aliphatic carbocycles. The summed E-state index contributed by atoms with van der Waals surface area (Å²) in [5.41, 5.74) is 1.10. The van der Waals surface area contributed by atoms with Crippen molar-refractivity contribution >= 4 is 11.8 Å². The van der Waals surface area contributed by atoms with E-state index in [-0.39, 0.29) is 0 Å². The zero-order valence-corrected chi connectivity index (χ0v) is 11.5. The highest BCUT2D eigenvalue weighted by Gasteiger charge is 2.20. The molecule has 0 spiro atoms. The number of aromatic nitrogens is 2. The lowest BCUT2D eigenvalue weighted by Gasteiger charge is -2.16. The fraction of sp³-hybridized carbons (Fsp3) is 0.692. The van der Waals surface area contributed by atoms with E-state index in [0.717, 1.165) is 43.4 Å². The summed E-state index contributed by atoms with van der Waals surface area (Å²) in [4.78, 5) is 11.2. The molecule has 0 radical (unpaired) electrons. The van der Waals surface area contributed by atoms with Gasteiger partial charge in [0.15, 0.2) is 0 Å². The van der Waals surface area contributed by atoms with Crippen LogP contribution in [-0.2, 0) is 0 Å². The molecule has 2 rings (SSSR count). The second kappa shape index (κ2) is 6.00. The third-order valence-electron chi connectivity index (χ3n) is 3.24. The minimum absolute atomic E-state index is 0.502. The van der Waals surface area contributed by atoms with Crippen LogP contribution in [0.4, 0.5) is 11.8 Å². The van der Waals surface area contributed by atoms with Gasteiger partial charge in [-0.25, -0.2) is 4.98 Å². The van der Waals surface area contributed by atoms with E-state index in [1.165, 1.54) is 6.42 Å². The Morgan fingerprint density at radius 3 is 3.00 bits per heavy atom. The van der Waals surface area contributed by atoms with E-state index in [1.807, 2.05) is 13.1 Å². The second-order valence-corrected chi connectivity index (χ2v) is 5.04. The van der Waals surface area contributed by atoms with Gasteiger partial charge in [-0.2, -0.15) is 4.98 Å². The molecule has 0 amide bonds. The number of anilines is 2. The van der Waals surface area contributed by atoms with Crippen LogP contribution in [0, 0.1) is 6.92 Å². The average molecular weight is 249 g/mol. The van der Waals surface area contributed by atoms with Gasteiger partial charge in [-0.3, -0.25) is 0 Å². The van der Waals surface area contributed by atoms with Crippen LogP contribution in [0.25, 0.3) is 0 Å². The van der Waals surface area contributed by atoms with Crippen LogP contribution in [0.2, 0.25) is 0 Å². The number of likely N-dealkylation sites (tertiary alicyclic amines) is 1. The van der Waals surface area contributed by atoms with E-state index < -0.39 is 0 Å². The van der Waals surface area contributed by atoms with Crippen molar-refractivity contribution in [3.8, 4) is 0 Å². The molecular formula is C13H23N5. The zero-order chi connectivity index (χ0) is 13.0. The lowest BCUT2D eigenvalue weighted by molar-refractivity contribution is 0.414. The topological polar surface area (TPSA) is 53.1 Å². The van der Waals surface area contributed by atoms with Crippen LogP contribution < -0.4 is 10.6 Å². The fourth-order valence-corrected chi connectivity index (χ4v) is 2.16. The fourth-order valence-electron chi connectivity index (χ4n) is 2.16. The van der Waals surface area contributed by atoms with Crippen LogP contribution in [0.3, 0.4) is 0 Å². The molecule has 0 aromatic carbocycles. The Hall–Kier alpha value is -1.36. The molecule has 1 fully saturated rings. The largest absolute Gasteiger partial charge is 0.366 e. The van der Waals surface area contributed by atoms with Crippen molar-refractivity contribution < 1.29 is 0 Å². The van der Waals surface area contributed by atoms with Crippen LogP contribution in [0.15, 0.2) is 6.20 Å². The van der Waals surface area contributed by atoms with Crippen molar-refractivity contribution in [1.29, 1.82) is 0 Å². The van der Waals surface area contributed by atoms with Gasteiger partial charge >= 0.3 is 0 Å². The van der Waals surface area contributed by atoms with Crippen molar-refractivity contribution in [2.45, 2.75) is 32.7 Å². The molecule has 2 heterocycles. The Balaban J connectivity index is 2.01. The molecule has 1 aromatic rings. The van der Waals surface area contributed by atoms with Gasteiger partial charge in [-0.15, -0.1) is 0 Å². The van der Waals surface area contributed by atoms with E-state index in [0.29, 0.717) is 6.04 Å². The number of nitrogens with zero attached hydrogens (tertiary/aromatic N) is 3. The van der Waals surface area contributed by atoms with Gasteiger partial charge in [0.25, 0.3) is 0 Å². The Morgan fingerprint density at radius 2 is 2.33 bits per heavy atom. The number of nitrogens with one attached hydrogen (secondary N) is 2. The summed E-state index contributed by atoms with van der Waals surface area (Å²) in [7, 11) is 2.16. The van der Waals surface area contributed by atoms with Crippen molar-refractivity contribution in [2.24, 2.45) is 0 Å². The maximum atomic E-state index is 4.55. The molecule has 100 valence electrons. The maximum Gasteiger partial charge on any atom is 0.224 e. The van der Waals surface area contributed by atoms with E-state index in [9.17, 15) is 0 Å². The molecule has 18 heavy (non-hydrogen) atoms. The molecule has 1 aliphatic rings. The summed E-state index contributed by atoms with van der Waals surface area (Å²) in [5, 5.41) is 6.75. The first-order valence-corrected chi connectivity index (χ1v) is 6.71. The first kappa shape index (κ1) is 13.1. The third kappa shape index (κ3) is 3.32. The van der Waals surface area contributed by atoms with Crippen LogP contribution in [-0.4, -0.2) is 47.6 Å². The molecule has 1 atom stereocenters. The van der Waals surface area contributed by atoms with Gasteiger partial charge < -0.3 is 15.5 Å². The summed E-state index contributed by atoms with van der Waals surface area (Å²) < 4.78 is 0. The molecule has 1 unspecified atom stereocenters. The van der Waals surface area contributed by atoms with E-state index in [2.05, 4.69) is 39.5 Å².